The molecule has 4 heteroatoms. The summed E-state index contributed by atoms with van der Waals surface area (Å²) in [5.41, 5.74) is 5.05. The number of rotatable bonds is 6. The fraction of sp³-hybridized carbons (Fsp3) is 0.875. The van der Waals surface area contributed by atoms with Crippen molar-refractivity contribution in [3.63, 3.8) is 0 Å². The van der Waals surface area contributed by atoms with Gasteiger partial charge < -0.3 is 16.2 Å². The Morgan fingerprint density at radius 2 is 2.50 bits per heavy atom. The van der Waals surface area contributed by atoms with E-state index in [4.69, 9.17) is 12.2 Å². The van der Waals surface area contributed by atoms with E-state index >= 15 is 0 Å². The monoisotopic (exact) mass is 175 g/mol. The van der Waals surface area contributed by atoms with Gasteiger partial charge in [-0.15, -0.1) is 0 Å². The van der Waals surface area contributed by atoms with Crippen molar-refractivity contribution < 1.29 is 11.3 Å². The zero-order chi connectivity index (χ0) is 10.3. The molecular formula is C8H18N2O2. The molecule has 0 aromatic heterocycles. The largest absolute Gasteiger partial charge is 0.391 e. The number of hydrogen-bond acceptors (Lipinski definition) is 3. The van der Waals surface area contributed by atoms with E-state index in [1.165, 1.54) is 6.92 Å². The molecule has 0 aromatic rings. The van der Waals surface area contributed by atoms with Crippen molar-refractivity contribution in [2.24, 2.45) is 5.73 Å². The fourth-order valence-corrected chi connectivity index (χ4v) is 0.891. The fourth-order valence-electron chi connectivity index (χ4n) is 0.891. The standard InChI is InChI=1S/C8H18N2O2/c1-3-4-5-10-7(6(2)11)8(9)12/h6-7,10-11H,3-5H2,1-2H3,(H2,9,12)/t6-,7+/m1/s1/i1D. The molecule has 0 saturated heterocycles. The third-order valence-corrected chi connectivity index (χ3v) is 1.58. The van der Waals surface area contributed by atoms with Crippen LogP contribution in [0.1, 0.15) is 28.0 Å². The quantitative estimate of drug-likeness (QED) is 0.481. The van der Waals surface area contributed by atoms with Crippen LogP contribution in [0.15, 0.2) is 0 Å². The summed E-state index contributed by atoms with van der Waals surface area (Å²) in [6, 6.07) is -0.675. The van der Waals surface area contributed by atoms with Gasteiger partial charge >= 0.3 is 0 Å². The maximum Gasteiger partial charge on any atom is 0.237 e. The number of amides is 1. The van der Waals surface area contributed by atoms with Gasteiger partial charge in [0.15, 0.2) is 0 Å². The Labute approximate surface area is 74.5 Å². The molecule has 0 aliphatic heterocycles. The van der Waals surface area contributed by atoms with Gasteiger partial charge in [0, 0.05) is 1.37 Å². The summed E-state index contributed by atoms with van der Waals surface area (Å²) in [4.78, 5) is 10.8. The van der Waals surface area contributed by atoms with Crippen LogP contribution in [0.4, 0.5) is 0 Å². The van der Waals surface area contributed by atoms with Crippen molar-refractivity contribution >= 4 is 5.91 Å². The molecule has 0 aliphatic carbocycles. The summed E-state index contributed by atoms with van der Waals surface area (Å²) in [6.07, 6.45) is 0.840. The van der Waals surface area contributed by atoms with Crippen LogP contribution in [0.25, 0.3) is 0 Å². The maximum atomic E-state index is 10.8. The second-order valence-corrected chi connectivity index (χ2v) is 2.78. The van der Waals surface area contributed by atoms with Crippen molar-refractivity contribution in [3.8, 4) is 0 Å². The van der Waals surface area contributed by atoms with Crippen LogP contribution in [0.2, 0.25) is 0 Å². The van der Waals surface area contributed by atoms with E-state index in [0.29, 0.717) is 13.4 Å². The van der Waals surface area contributed by atoms with Gasteiger partial charge in [0.2, 0.25) is 5.91 Å². The molecule has 0 spiro atoms. The van der Waals surface area contributed by atoms with E-state index in [1.54, 1.807) is 0 Å². The summed E-state index contributed by atoms with van der Waals surface area (Å²) in [6.45, 7) is 2.52. The number of unbranched alkanes of at least 4 members (excludes halogenated alkanes) is 1. The number of aliphatic hydroxyl groups excluding tert-OH is 1. The zero-order valence-corrected chi connectivity index (χ0v) is 7.42. The molecule has 0 radical (unpaired) electrons. The van der Waals surface area contributed by atoms with Crippen LogP contribution in [0.5, 0.6) is 0 Å². The molecule has 0 unspecified atom stereocenters. The number of carbonyl (C=O) groups excluding carboxylic acids is 1. The molecule has 0 aliphatic rings. The highest BCUT2D eigenvalue weighted by Crippen LogP contribution is 1.92. The molecule has 0 bridgehead atoms. The molecule has 0 heterocycles. The molecule has 0 saturated carbocycles. The van der Waals surface area contributed by atoms with Crippen molar-refractivity contribution in [2.75, 3.05) is 6.54 Å². The summed E-state index contributed by atoms with van der Waals surface area (Å²) < 4.78 is 6.89. The lowest BCUT2D eigenvalue weighted by Gasteiger charge is -2.17. The first kappa shape index (κ1) is 9.48. The van der Waals surface area contributed by atoms with E-state index < -0.39 is 18.1 Å². The van der Waals surface area contributed by atoms with Crippen molar-refractivity contribution in [1.82, 2.24) is 5.32 Å². The van der Waals surface area contributed by atoms with Gasteiger partial charge in [-0.1, -0.05) is 13.3 Å². The van der Waals surface area contributed by atoms with Gasteiger partial charge in [-0.2, -0.15) is 0 Å². The predicted octanol–water partition coefficient (Wildman–Crippen LogP) is -0.389. The normalized spacial score (nSPS) is 16.7. The van der Waals surface area contributed by atoms with Crippen LogP contribution in [0.3, 0.4) is 0 Å². The van der Waals surface area contributed by atoms with E-state index in [1.807, 2.05) is 0 Å². The maximum absolute atomic E-state index is 10.8. The SMILES string of the molecule is [2H]CCCCN[C@H](C(N)=O)[C@@H](C)O. The first-order valence-electron chi connectivity index (χ1n) is 4.80. The molecule has 0 aromatic carbocycles. The number of primary amides is 1. The lowest BCUT2D eigenvalue weighted by molar-refractivity contribution is -0.122. The molecule has 0 rings (SSSR count). The minimum atomic E-state index is -0.770. The highest BCUT2D eigenvalue weighted by atomic mass is 16.3. The first-order chi connectivity index (χ1) is 6.09. The zero-order valence-electron chi connectivity index (χ0n) is 8.42. The highest BCUT2D eigenvalue weighted by Gasteiger charge is 2.19. The Balaban J connectivity index is 3.64. The van der Waals surface area contributed by atoms with Crippen LogP contribution in [-0.4, -0.2) is 29.7 Å². The summed E-state index contributed by atoms with van der Waals surface area (Å²) in [5.74, 6) is -0.541. The summed E-state index contributed by atoms with van der Waals surface area (Å²) in [5, 5.41) is 12.0. The average Bonchev–Trinajstić information content (AvgIpc) is 2.02. The van der Waals surface area contributed by atoms with Crippen molar-refractivity contribution in [1.29, 1.82) is 0 Å². The average molecular weight is 175 g/mol. The third-order valence-electron chi connectivity index (χ3n) is 1.58. The Morgan fingerprint density at radius 1 is 1.83 bits per heavy atom. The number of nitrogens with two attached hydrogens (primary N) is 1. The van der Waals surface area contributed by atoms with E-state index in [2.05, 4.69) is 5.32 Å². The topological polar surface area (TPSA) is 75.3 Å². The van der Waals surface area contributed by atoms with E-state index in [9.17, 15) is 4.79 Å². The van der Waals surface area contributed by atoms with Crippen LogP contribution >= 0.6 is 0 Å². The smallest absolute Gasteiger partial charge is 0.237 e. The molecule has 0 fully saturated rings. The van der Waals surface area contributed by atoms with Gasteiger partial charge in [-0.05, 0) is 19.9 Å². The number of hydrogen-bond donors (Lipinski definition) is 3. The van der Waals surface area contributed by atoms with Crippen LogP contribution in [-0.2, 0) is 4.79 Å². The molecule has 72 valence electrons. The Hall–Kier alpha value is -0.610. The first-order valence-corrected chi connectivity index (χ1v) is 4.09. The van der Waals surface area contributed by atoms with Gasteiger partial charge in [-0.3, -0.25) is 4.79 Å². The van der Waals surface area contributed by atoms with Gasteiger partial charge in [-0.25, -0.2) is 0 Å². The van der Waals surface area contributed by atoms with Crippen molar-refractivity contribution in [2.45, 2.75) is 38.8 Å². The molecule has 4 N–H and O–H groups in total. The van der Waals surface area contributed by atoms with Gasteiger partial charge in [0.05, 0.1) is 6.10 Å². The Bertz CT molecular complexity index is 153. The number of nitrogens with one attached hydrogen (secondary N) is 1. The molecular weight excluding hydrogens is 156 g/mol. The molecule has 1 amide bonds. The van der Waals surface area contributed by atoms with Crippen LogP contribution < -0.4 is 11.1 Å². The van der Waals surface area contributed by atoms with Crippen molar-refractivity contribution in [3.05, 3.63) is 0 Å². The second-order valence-electron chi connectivity index (χ2n) is 2.78. The van der Waals surface area contributed by atoms with E-state index in [0.717, 1.165) is 12.8 Å². The molecule has 4 nitrogen and oxygen atoms in total. The lowest BCUT2D eigenvalue weighted by Crippen LogP contribution is -2.48. The molecule has 2 atom stereocenters. The summed E-state index contributed by atoms with van der Waals surface area (Å²) in [7, 11) is 0. The Morgan fingerprint density at radius 3 is 2.92 bits per heavy atom. The van der Waals surface area contributed by atoms with Crippen LogP contribution in [0, 0.1) is 0 Å². The highest BCUT2D eigenvalue weighted by molar-refractivity contribution is 5.80. The van der Waals surface area contributed by atoms with Gasteiger partial charge in [0.25, 0.3) is 0 Å². The third kappa shape index (κ3) is 4.31. The predicted molar refractivity (Wildman–Crippen MR) is 47.6 cm³/mol. The Kier molecular flexibility index (Phi) is 4.71. The summed E-state index contributed by atoms with van der Waals surface area (Å²) >= 11 is 0. The number of carbonyl (C=O) groups is 1. The second kappa shape index (κ2) is 5.97. The molecule has 12 heavy (non-hydrogen) atoms. The minimum absolute atomic E-state index is 0.387. The van der Waals surface area contributed by atoms with Gasteiger partial charge in [0.1, 0.15) is 6.04 Å². The minimum Gasteiger partial charge on any atom is -0.391 e. The lowest BCUT2D eigenvalue weighted by atomic mass is 10.1. The van der Waals surface area contributed by atoms with E-state index in [-0.39, 0.29) is 0 Å². The number of aliphatic hydroxyl groups is 1.